The predicted octanol–water partition coefficient (Wildman–Crippen LogP) is 3.35. The fraction of sp³-hybridized carbons (Fsp3) is 0.400. The molecule has 0 aliphatic carbocycles. The Bertz CT molecular complexity index is 406. The third-order valence-corrected chi connectivity index (χ3v) is 2.07. The summed E-state index contributed by atoms with van der Waals surface area (Å²) in [6.45, 7) is 0. The molecule has 0 saturated carbocycles. The van der Waals surface area contributed by atoms with E-state index in [2.05, 4.69) is 0 Å². The van der Waals surface area contributed by atoms with Crippen LogP contribution < -0.4 is 5.73 Å². The molecule has 0 bridgehead atoms. The van der Waals surface area contributed by atoms with Crippen molar-refractivity contribution in [3.63, 3.8) is 0 Å². The van der Waals surface area contributed by atoms with Crippen LogP contribution in [-0.2, 0) is 6.42 Å². The lowest BCUT2D eigenvalue weighted by Crippen LogP contribution is -2.30. The largest absolute Gasteiger partial charge is 0.390 e. The van der Waals surface area contributed by atoms with E-state index in [4.69, 9.17) is 5.73 Å². The van der Waals surface area contributed by atoms with E-state index in [1.165, 1.54) is 0 Å². The van der Waals surface area contributed by atoms with E-state index in [-0.39, 0.29) is 24.0 Å². The van der Waals surface area contributed by atoms with E-state index in [0.29, 0.717) is 6.07 Å². The molecule has 0 aliphatic rings. The highest BCUT2D eigenvalue weighted by Gasteiger charge is 2.30. The van der Waals surface area contributed by atoms with Gasteiger partial charge >= 0.3 is 6.18 Å². The Balaban J connectivity index is 0.00000289. The van der Waals surface area contributed by atoms with Crippen molar-refractivity contribution in [1.82, 2.24) is 0 Å². The van der Waals surface area contributed by atoms with Crippen molar-refractivity contribution in [1.29, 1.82) is 0 Å². The smallest absolute Gasteiger partial charge is 0.327 e. The SMILES string of the molecule is Cl.N[C@H](Cc1cc(F)c(F)cc1F)CC(F)(F)F. The average molecular weight is 294 g/mol. The van der Waals surface area contributed by atoms with Crippen LogP contribution in [0.5, 0.6) is 0 Å². The molecule has 8 heteroatoms. The van der Waals surface area contributed by atoms with Crippen molar-refractivity contribution in [2.24, 2.45) is 5.73 Å². The minimum Gasteiger partial charge on any atom is -0.327 e. The monoisotopic (exact) mass is 293 g/mol. The number of benzene rings is 1. The first-order chi connectivity index (χ1) is 7.69. The topological polar surface area (TPSA) is 26.0 Å². The van der Waals surface area contributed by atoms with Gasteiger partial charge in [-0.2, -0.15) is 13.2 Å². The molecule has 1 rings (SSSR count). The predicted molar refractivity (Wildman–Crippen MR) is 55.9 cm³/mol. The quantitative estimate of drug-likeness (QED) is 0.671. The van der Waals surface area contributed by atoms with Crippen LogP contribution in [0.15, 0.2) is 12.1 Å². The van der Waals surface area contributed by atoms with Crippen molar-refractivity contribution < 1.29 is 26.3 Å². The third-order valence-electron chi connectivity index (χ3n) is 2.07. The fourth-order valence-corrected chi connectivity index (χ4v) is 1.37. The Labute approximate surface area is 105 Å². The molecule has 1 atom stereocenters. The normalized spacial score (nSPS) is 13.1. The first kappa shape index (κ1) is 17.1. The Morgan fingerprint density at radius 1 is 1.00 bits per heavy atom. The number of halogens is 7. The maximum absolute atomic E-state index is 13.1. The molecule has 0 amide bonds. The zero-order chi connectivity index (χ0) is 13.2. The second-order valence-corrected chi connectivity index (χ2v) is 3.64. The molecule has 0 heterocycles. The zero-order valence-corrected chi connectivity index (χ0v) is 9.72. The molecule has 104 valence electrons. The summed E-state index contributed by atoms with van der Waals surface area (Å²) in [6, 6.07) is -0.597. The van der Waals surface area contributed by atoms with Crippen molar-refractivity contribution in [2.75, 3.05) is 0 Å². The molecule has 0 radical (unpaired) electrons. The van der Waals surface area contributed by atoms with Crippen LogP contribution in [0.25, 0.3) is 0 Å². The Hall–Kier alpha value is -0.950. The summed E-state index contributed by atoms with van der Waals surface area (Å²) >= 11 is 0. The van der Waals surface area contributed by atoms with Crippen molar-refractivity contribution in [2.45, 2.75) is 25.1 Å². The second kappa shape index (κ2) is 6.29. The van der Waals surface area contributed by atoms with Gasteiger partial charge in [0.25, 0.3) is 0 Å². The molecule has 0 aromatic heterocycles. The number of alkyl halides is 3. The highest BCUT2D eigenvalue weighted by Crippen LogP contribution is 2.23. The molecule has 0 spiro atoms. The first-order valence-electron chi connectivity index (χ1n) is 4.65. The van der Waals surface area contributed by atoms with E-state index in [9.17, 15) is 26.3 Å². The van der Waals surface area contributed by atoms with Crippen LogP contribution in [0.2, 0.25) is 0 Å². The van der Waals surface area contributed by atoms with Crippen LogP contribution in [0.1, 0.15) is 12.0 Å². The lowest BCUT2D eigenvalue weighted by molar-refractivity contribution is -0.138. The molecule has 0 unspecified atom stereocenters. The summed E-state index contributed by atoms with van der Waals surface area (Å²) in [6.07, 6.45) is -6.30. The molecule has 0 aliphatic heterocycles. The number of hydrogen-bond acceptors (Lipinski definition) is 1. The maximum atomic E-state index is 13.1. The van der Waals surface area contributed by atoms with Crippen LogP contribution in [0.3, 0.4) is 0 Å². The summed E-state index contributed by atoms with van der Waals surface area (Å²) in [4.78, 5) is 0. The molecule has 18 heavy (non-hydrogen) atoms. The molecular formula is C10H10ClF6N. The molecule has 0 saturated heterocycles. The number of rotatable bonds is 3. The van der Waals surface area contributed by atoms with Gasteiger partial charge in [0.2, 0.25) is 0 Å². The van der Waals surface area contributed by atoms with Gasteiger partial charge in [0.05, 0.1) is 6.42 Å². The highest BCUT2D eigenvalue weighted by atomic mass is 35.5. The first-order valence-corrected chi connectivity index (χ1v) is 4.65. The van der Waals surface area contributed by atoms with Gasteiger partial charge in [-0.1, -0.05) is 0 Å². The summed E-state index contributed by atoms with van der Waals surface area (Å²) in [5.74, 6) is -3.82. The van der Waals surface area contributed by atoms with Gasteiger partial charge in [-0.3, -0.25) is 0 Å². The minimum absolute atomic E-state index is 0. The number of hydrogen-bond donors (Lipinski definition) is 1. The lowest BCUT2D eigenvalue weighted by atomic mass is 10.0. The van der Waals surface area contributed by atoms with Gasteiger partial charge in [-0.15, -0.1) is 12.4 Å². The second-order valence-electron chi connectivity index (χ2n) is 3.64. The molecule has 1 aromatic rings. The third kappa shape index (κ3) is 5.14. The molecular weight excluding hydrogens is 284 g/mol. The standard InChI is InChI=1S/C10H9F6N.ClH/c11-7-3-9(13)8(12)2-5(7)1-6(17)4-10(14,15)16;/h2-3,6H,1,4,17H2;1H/t6-;/m1./s1. The highest BCUT2D eigenvalue weighted by molar-refractivity contribution is 5.85. The van der Waals surface area contributed by atoms with E-state index < -0.39 is 42.5 Å². The Morgan fingerprint density at radius 2 is 1.50 bits per heavy atom. The van der Waals surface area contributed by atoms with Crippen LogP contribution in [0, 0.1) is 17.5 Å². The van der Waals surface area contributed by atoms with Gasteiger partial charge in [0, 0.05) is 12.1 Å². The molecule has 2 N–H and O–H groups in total. The van der Waals surface area contributed by atoms with Crippen LogP contribution in [0.4, 0.5) is 26.3 Å². The van der Waals surface area contributed by atoms with E-state index >= 15 is 0 Å². The van der Waals surface area contributed by atoms with Crippen molar-refractivity contribution in [3.8, 4) is 0 Å². The van der Waals surface area contributed by atoms with E-state index in [1.54, 1.807) is 0 Å². The van der Waals surface area contributed by atoms with Gasteiger partial charge in [0.1, 0.15) is 5.82 Å². The van der Waals surface area contributed by atoms with E-state index in [0.717, 1.165) is 0 Å². The Morgan fingerprint density at radius 3 is 2.00 bits per heavy atom. The summed E-state index contributed by atoms with van der Waals surface area (Å²) in [5, 5.41) is 0. The molecule has 1 aromatic carbocycles. The summed E-state index contributed by atoms with van der Waals surface area (Å²) < 4.78 is 74.2. The lowest BCUT2D eigenvalue weighted by Gasteiger charge is -2.14. The number of nitrogens with two attached hydrogens (primary N) is 1. The van der Waals surface area contributed by atoms with Crippen molar-refractivity contribution >= 4 is 12.4 Å². The van der Waals surface area contributed by atoms with Crippen molar-refractivity contribution in [3.05, 3.63) is 35.1 Å². The maximum Gasteiger partial charge on any atom is 0.390 e. The van der Waals surface area contributed by atoms with Crippen LogP contribution in [-0.4, -0.2) is 12.2 Å². The van der Waals surface area contributed by atoms with Gasteiger partial charge in [-0.05, 0) is 18.1 Å². The van der Waals surface area contributed by atoms with E-state index in [1.807, 2.05) is 0 Å². The van der Waals surface area contributed by atoms with Gasteiger partial charge < -0.3 is 5.73 Å². The molecule has 0 fully saturated rings. The minimum atomic E-state index is -4.48. The summed E-state index contributed by atoms with van der Waals surface area (Å²) in [7, 11) is 0. The van der Waals surface area contributed by atoms with Gasteiger partial charge in [0.15, 0.2) is 11.6 Å². The zero-order valence-electron chi connectivity index (χ0n) is 8.90. The fourth-order valence-electron chi connectivity index (χ4n) is 1.37. The molecule has 1 nitrogen and oxygen atoms in total. The average Bonchev–Trinajstić information content (AvgIpc) is 2.11. The Kier molecular flexibility index (Phi) is 5.95. The van der Waals surface area contributed by atoms with Crippen LogP contribution >= 0.6 is 12.4 Å². The van der Waals surface area contributed by atoms with Gasteiger partial charge in [-0.25, -0.2) is 13.2 Å². The summed E-state index contributed by atoms with van der Waals surface area (Å²) in [5.41, 5.74) is 4.77.